The minimum atomic E-state index is -0.343. The first-order valence-corrected chi connectivity index (χ1v) is 14.2. The zero-order valence-electron chi connectivity index (χ0n) is 20.5. The van der Waals surface area contributed by atoms with E-state index in [1.165, 1.54) is 23.1 Å². The molecule has 0 unspecified atom stereocenters. The van der Waals surface area contributed by atoms with Gasteiger partial charge >= 0.3 is 6.09 Å². The number of hydrogen-bond acceptors (Lipinski definition) is 9. The van der Waals surface area contributed by atoms with Gasteiger partial charge in [0.1, 0.15) is 10.7 Å². The second-order valence-electron chi connectivity index (χ2n) is 8.22. The van der Waals surface area contributed by atoms with Crippen molar-refractivity contribution >= 4 is 46.7 Å². The van der Waals surface area contributed by atoms with E-state index in [4.69, 9.17) is 16.3 Å². The average molecular weight is 570 g/mol. The fourth-order valence-corrected chi connectivity index (χ4v) is 5.92. The molecule has 1 aromatic carbocycles. The Bertz CT molecular complexity index is 1420. The number of piperazine rings is 1. The Morgan fingerprint density at radius 3 is 2.53 bits per heavy atom. The zero-order chi connectivity index (χ0) is 26.5. The molecule has 0 spiro atoms. The van der Waals surface area contributed by atoms with Crippen LogP contribution in [0.5, 0.6) is 0 Å². The van der Waals surface area contributed by atoms with Gasteiger partial charge in [-0.25, -0.2) is 9.78 Å². The minimum absolute atomic E-state index is 0.139. The third kappa shape index (κ3) is 5.66. The van der Waals surface area contributed by atoms with Gasteiger partial charge in [0, 0.05) is 49.5 Å². The molecule has 0 aliphatic carbocycles. The van der Waals surface area contributed by atoms with E-state index >= 15 is 0 Å². The minimum Gasteiger partial charge on any atom is -0.450 e. The molecule has 5 rings (SSSR count). The molecule has 1 aliphatic rings. The van der Waals surface area contributed by atoms with E-state index in [-0.39, 0.29) is 12.0 Å². The summed E-state index contributed by atoms with van der Waals surface area (Å²) >= 11 is 9.43. The van der Waals surface area contributed by atoms with Gasteiger partial charge in [-0.05, 0) is 31.2 Å². The van der Waals surface area contributed by atoms with Crippen LogP contribution in [0.2, 0.25) is 5.02 Å². The monoisotopic (exact) mass is 569 g/mol. The molecule has 10 nitrogen and oxygen atoms in total. The van der Waals surface area contributed by atoms with Crippen LogP contribution in [0.25, 0.3) is 17.1 Å². The van der Waals surface area contributed by atoms with Crippen LogP contribution in [0.3, 0.4) is 0 Å². The number of pyridine rings is 1. The highest BCUT2D eigenvalue weighted by Crippen LogP contribution is 2.33. The molecule has 4 aromatic rings. The largest absolute Gasteiger partial charge is 0.450 e. The summed E-state index contributed by atoms with van der Waals surface area (Å²) in [6, 6.07) is 11.3. The maximum atomic E-state index is 13.0. The van der Waals surface area contributed by atoms with Crippen molar-refractivity contribution in [2.75, 3.05) is 32.8 Å². The first kappa shape index (κ1) is 26.1. The fourth-order valence-electron chi connectivity index (χ4n) is 3.97. The van der Waals surface area contributed by atoms with Crippen molar-refractivity contribution in [1.29, 1.82) is 0 Å². The van der Waals surface area contributed by atoms with Crippen molar-refractivity contribution in [1.82, 2.24) is 34.5 Å². The maximum absolute atomic E-state index is 13.0. The van der Waals surface area contributed by atoms with E-state index in [2.05, 4.69) is 20.2 Å². The molecule has 3 aromatic heterocycles. The van der Waals surface area contributed by atoms with Gasteiger partial charge in [-0.3, -0.25) is 14.3 Å². The number of ether oxygens (including phenoxy) is 1. The van der Waals surface area contributed by atoms with Crippen LogP contribution in [-0.4, -0.2) is 79.3 Å². The summed E-state index contributed by atoms with van der Waals surface area (Å²) < 4.78 is 6.97. The summed E-state index contributed by atoms with van der Waals surface area (Å²) in [5.41, 5.74) is 2.04. The van der Waals surface area contributed by atoms with Crippen molar-refractivity contribution in [3.05, 3.63) is 69.9 Å². The van der Waals surface area contributed by atoms with Crippen LogP contribution in [0.4, 0.5) is 4.79 Å². The van der Waals surface area contributed by atoms with Crippen molar-refractivity contribution in [3.63, 3.8) is 0 Å². The molecule has 0 radical (unpaired) electrons. The Hall–Kier alpha value is -3.48. The number of thioether (sulfide) groups is 1. The van der Waals surface area contributed by atoms with Crippen LogP contribution in [0, 0.1) is 0 Å². The van der Waals surface area contributed by atoms with Crippen LogP contribution in [0.15, 0.2) is 59.3 Å². The number of amides is 2. The molecule has 1 aliphatic heterocycles. The Morgan fingerprint density at radius 1 is 1.05 bits per heavy atom. The quantitative estimate of drug-likeness (QED) is 0.296. The number of para-hydroxylation sites is 1. The number of benzene rings is 1. The Labute approximate surface area is 232 Å². The molecule has 13 heteroatoms. The highest BCUT2D eigenvalue weighted by atomic mass is 35.5. The fraction of sp³-hybridized carbons (Fsp3) is 0.280. The summed E-state index contributed by atoms with van der Waals surface area (Å²) in [4.78, 5) is 36.9. The summed E-state index contributed by atoms with van der Waals surface area (Å²) in [6.07, 6.45) is 3.07. The molecule has 0 bridgehead atoms. The van der Waals surface area contributed by atoms with Crippen molar-refractivity contribution in [2.24, 2.45) is 0 Å². The SMILES string of the molecule is CCOC(=O)N1CCN(C(=O)c2csc(CSc3nnc(-c4ccncc4)n3-c3ccccc3Cl)n2)CC1. The molecule has 1 saturated heterocycles. The number of thiazole rings is 1. The lowest BCUT2D eigenvalue weighted by molar-refractivity contribution is 0.0566. The second kappa shape index (κ2) is 11.9. The van der Waals surface area contributed by atoms with Gasteiger partial charge in [0.05, 0.1) is 23.1 Å². The average Bonchev–Trinajstić information content (AvgIpc) is 3.60. The zero-order valence-corrected chi connectivity index (χ0v) is 22.9. The predicted octanol–water partition coefficient (Wildman–Crippen LogP) is 4.65. The van der Waals surface area contributed by atoms with E-state index in [1.807, 2.05) is 41.0 Å². The number of halogens is 1. The normalized spacial score (nSPS) is 13.5. The van der Waals surface area contributed by atoms with E-state index in [0.29, 0.717) is 60.2 Å². The first-order chi connectivity index (χ1) is 18.5. The van der Waals surface area contributed by atoms with Crippen LogP contribution in [0.1, 0.15) is 22.4 Å². The molecule has 0 N–H and O–H groups in total. The topological polar surface area (TPSA) is 106 Å². The third-order valence-corrected chi connectivity index (χ3v) is 8.15. The molecular formula is C25H24ClN7O3S2. The molecule has 0 saturated carbocycles. The first-order valence-electron chi connectivity index (χ1n) is 11.9. The van der Waals surface area contributed by atoms with Gasteiger partial charge in [0.2, 0.25) is 0 Å². The molecule has 1 fully saturated rings. The molecule has 0 atom stereocenters. The third-order valence-electron chi connectivity index (χ3n) is 5.85. The van der Waals surface area contributed by atoms with Crippen molar-refractivity contribution < 1.29 is 14.3 Å². The lowest BCUT2D eigenvalue weighted by Crippen LogP contribution is -2.50. The number of carbonyl (C=O) groups is 2. The van der Waals surface area contributed by atoms with Crippen molar-refractivity contribution in [2.45, 2.75) is 17.8 Å². The number of nitrogens with zero attached hydrogens (tertiary/aromatic N) is 7. The van der Waals surface area contributed by atoms with Crippen LogP contribution >= 0.6 is 34.7 Å². The molecule has 4 heterocycles. The molecule has 2 amide bonds. The van der Waals surface area contributed by atoms with Gasteiger partial charge < -0.3 is 14.5 Å². The van der Waals surface area contributed by atoms with E-state index in [0.717, 1.165) is 16.3 Å². The maximum Gasteiger partial charge on any atom is 0.409 e. The number of aromatic nitrogens is 5. The van der Waals surface area contributed by atoms with E-state index < -0.39 is 0 Å². The smallest absolute Gasteiger partial charge is 0.409 e. The van der Waals surface area contributed by atoms with E-state index in [9.17, 15) is 9.59 Å². The Morgan fingerprint density at radius 2 is 1.79 bits per heavy atom. The van der Waals surface area contributed by atoms with Gasteiger partial charge in [0.15, 0.2) is 11.0 Å². The summed E-state index contributed by atoms with van der Waals surface area (Å²) in [5, 5.41) is 12.7. The van der Waals surface area contributed by atoms with Gasteiger partial charge in [0.25, 0.3) is 5.91 Å². The Balaban J connectivity index is 1.29. The molecule has 38 heavy (non-hydrogen) atoms. The lowest BCUT2D eigenvalue weighted by Gasteiger charge is -2.33. The predicted molar refractivity (Wildman–Crippen MR) is 146 cm³/mol. The van der Waals surface area contributed by atoms with E-state index in [1.54, 1.807) is 34.5 Å². The van der Waals surface area contributed by atoms with Crippen LogP contribution in [-0.2, 0) is 10.5 Å². The lowest BCUT2D eigenvalue weighted by atomic mass is 10.2. The molecular weight excluding hydrogens is 546 g/mol. The van der Waals surface area contributed by atoms with Gasteiger partial charge in [-0.15, -0.1) is 21.5 Å². The van der Waals surface area contributed by atoms with Crippen molar-refractivity contribution in [3.8, 4) is 17.1 Å². The highest BCUT2D eigenvalue weighted by molar-refractivity contribution is 7.98. The van der Waals surface area contributed by atoms with Gasteiger partial charge in [-0.1, -0.05) is 35.5 Å². The summed E-state index contributed by atoms with van der Waals surface area (Å²) in [7, 11) is 0. The Kier molecular flexibility index (Phi) is 8.20. The number of rotatable bonds is 7. The second-order valence-corrected chi connectivity index (χ2v) is 10.5. The molecule has 196 valence electrons. The summed E-state index contributed by atoms with van der Waals surface area (Å²) in [6.45, 7) is 3.87. The highest BCUT2D eigenvalue weighted by Gasteiger charge is 2.27. The van der Waals surface area contributed by atoms with Crippen LogP contribution < -0.4 is 0 Å². The number of hydrogen-bond donors (Lipinski definition) is 0. The number of carbonyl (C=O) groups excluding carboxylic acids is 2. The standard InChI is InChI=1S/C25H24ClN7O3S2/c1-2-36-25(35)32-13-11-31(12-14-32)23(34)19-15-37-21(28-19)16-38-24-30-29-22(17-7-9-27-10-8-17)33(24)20-6-4-3-5-18(20)26/h3-10,15H,2,11-14,16H2,1H3. The van der Waals surface area contributed by atoms with Gasteiger partial charge in [-0.2, -0.15) is 0 Å². The summed E-state index contributed by atoms with van der Waals surface area (Å²) in [5.74, 6) is 1.02.